The Morgan fingerprint density at radius 3 is 2.53 bits per heavy atom. The number of carbonyl (C=O) groups excluding carboxylic acids is 1. The van der Waals surface area contributed by atoms with Gasteiger partial charge in [-0.25, -0.2) is 8.42 Å². The number of hydrogen-bond acceptors (Lipinski definition) is 4. The van der Waals surface area contributed by atoms with Crippen molar-refractivity contribution >= 4 is 27.3 Å². The summed E-state index contributed by atoms with van der Waals surface area (Å²) in [6, 6.07) is 20.0. The Bertz CT molecular complexity index is 1270. The molecule has 0 fully saturated rings. The van der Waals surface area contributed by atoms with Gasteiger partial charge in [-0.2, -0.15) is 0 Å². The third kappa shape index (κ3) is 4.13. The Morgan fingerprint density at radius 2 is 1.78 bits per heavy atom. The van der Waals surface area contributed by atoms with Crippen LogP contribution in [0.4, 0.5) is 11.4 Å². The van der Waals surface area contributed by atoms with E-state index in [0.29, 0.717) is 29.5 Å². The smallest absolute Gasteiger partial charge is 0.265 e. The molecule has 4 rings (SSSR count). The second kappa shape index (κ2) is 8.76. The molecule has 0 radical (unpaired) electrons. The number of rotatable bonds is 6. The number of nitrogens with zero attached hydrogens (tertiary/aromatic N) is 1. The molecule has 0 bridgehead atoms. The molecule has 3 aromatic rings. The van der Waals surface area contributed by atoms with Crippen molar-refractivity contribution in [2.75, 3.05) is 23.3 Å². The first kappa shape index (κ1) is 22.0. The van der Waals surface area contributed by atoms with Gasteiger partial charge in [0.15, 0.2) is 0 Å². The van der Waals surface area contributed by atoms with Gasteiger partial charge < -0.3 is 10.1 Å². The lowest BCUT2D eigenvalue weighted by Crippen LogP contribution is -2.40. The maximum atomic E-state index is 13.4. The molecular weight excluding hydrogens is 424 g/mol. The molecule has 1 N–H and O–H groups in total. The predicted molar refractivity (Wildman–Crippen MR) is 126 cm³/mol. The summed E-state index contributed by atoms with van der Waals surface area (Å²) in [5.74, 6) is -0.122. The first-order valence-electron chi connectivity index (χ1n) is 10.4. The van der Waals surface area contributed by atoms with Crippen LogP contribution in [0, 0.1) is 0 Å². The van der Waals surface area contributed by atoms with Gasteiger partial charge >= 0.3 is 0 Å². The van der Waals surface area contributed by atoms with E-state index in [0.717, 1.165) is 16.7 Å². The number of nitrogens with one attached hydrogen (secondary N) is 1. The SMILES string of the molecule is COCc1cccc(NC(=O)CN2c3ccc(C(C)C)cc3-c3ccccc3S2(=O)=O)c1. The molecule has 7 heteroatoms. The van der Waals surface area contributed by atoms with Crippen molar-refractivity contribution < 1.29 is 17.9 Å². The van der Waals surface area contributed by atoms with Crippen LogP contribution in [0.5, 0.6) is 0 Å². The van der Waals surface area contributed by atoms with Crippen molar-refractivity contribution in [1.29, 1.82) is 0 Å². The Labute approximate surface area is 188 Å². The maximum absolute atomic E-state index is 13.4. The van der Waals surface area contributed by atoms with E-state index in [-0.39, 0.29) is 11.4 Å². The molecule has 0 unspecified atom stereocenters. The van der Waals surface area contributed by atoms with E-state index in [1.807, 2.05) is 42.5 Å². The highest BCUT2D eigenvalue weighted by Gasteiger charge is 2.36. The van der Waals surface area contributed by atoms with Crippen LogP contribution in [-0.4, -0.2) is 28.0 Å². The lowest BCUT2D eigenvalue weighted by atomic mass is 9.95. The standard InChI is InChI=1S/C25H26N2O4S/c1-17(2)19-11-12-23-22(14-19)21-9-4-5-10-24(21)32(29,30)27(23)15-25(28)26-20-8-6-7-18(13-20)16-31-3/h4-14,17H,15-16H2,1-3H3,(H,26,28). The van der Waals surface area contributed by atoms with E-state index in [4.69, 9.17) is 4.74 Å². The minimum atomic E-state index is -3.88. The zero-order valence-corrected chi connectivity index (χ0v) is 19.1. The highest BCUT2D eigenvalue weighted by atomic mass is 32.2. The van der Waals surface area contributed by atoms with Gasteiger partial charge in [-0.05, 0) is 47.4 Å². The number of anilines is 2. The van der Waals surface area contributed by atoms with Crippen LogP contribution in [-0.2, 0) is 26.2 Å². The van der Waals surface area contributed by atoms with Gasteiger partial charge in [0.2, 0.25) is 5.91 Å². The Morgan fingerprint density at radius 1 is 1.00 bits per heavy atom. The molecule has 1 amide bonds. The quantitative estimate of drug-likeness (QED) is 0.587. The van der Waals surface area contributed by atoms with Gasteiger partial charge in [0.05, 0.1) is 17.2 Å². The molecule has 1 aliphatic heterocycles. The molecule has 3 aromatic carbocycles. The topological polar surface area (TPSA) is 75.7 Å². The van der Waals surface area contributed by atoms with Gasteiger partial charge in [0.1, 0.15) is 6.54 Å². The van der Waals surface area contributed by atoms with E-state index in [2.05, 4.69) is 19.2 Å². The van der Waals surface area contributed by atoms with E-state index in [1.165, 1.54) is 4.31 Å². The number of sulfonamides is 1. The number of methoxy groups -OCH3 is 1. The van der Waals surface area contributed by atoms with Crippen molar-refractivity contribution in [3.8, 4) is 11.1 Å². The third-order valence-corrected chi connectivity index (χ3v) is 7.33. The van der Waals surface area contributed by atoms with Gasteiger partial charge in [0, 0.05) is 23.9 Å². The van der Waals surface area contributed by atoms with Crippen molar-refractivity contribution in [2.45, 2.75) is 31.3 Å². The van der Waals surface area contributed by atoms with Crippen molar-refractivity contribution in [3.05, 3.63) is 77.9 Å². The Hall–Kier alpha value is -3.16. The van der Waals surface area contributed by atoms with Crippen LogP contribution in [0.1, 0.15) is 30.9 Å². The van der Waals surface area contributed by atoms with Crippen LogP contribution < -0.4 is 9.62 Å². The van der Waals surface area contributed by atoms with E-state index in [1.54, 1.807) is 31.4 Å². The van der Waals surface area contributed by atoms with Crippen LogP contribution >= 0.6 is 0 Å². The molecule has 0 saturated heterocycles. The zero-order chi connectivity index (χ0) is 22.9. The highest BCUT2D eigenvalue weighted by molar-refractivity contribution is 7.93. The van der Waals surface area contributed by atoms with Crippen LogP contribution in [0.3, 0.4) is 0 Å². The summed E-state index contributed by atoms with van der Waals surface area (Å²) in [5.41, 5.74) is 4.60. The fourth-order valence-corrected chi connectivity index (χ4v) is 5.56. The second-order valence-electron chi connectivity index (χ2n) is 8.12. The van der Waals surface area contributed by atoms with Crippen LogP contribution in [0.2, 0.25) is 0 Å². The van der Waals surface area contributed by atoms with Crippen molar-refractivity contribution in [3.63, 3.8) is 0 Å². The fourth-order valence-electron chi connectivity index (χ4n) is 3.91. The molecule has 166 valence electrons. The summed E-state index contributed by atoms with van der Waals surface area (Å²) >= 11 is 0. The molecule has 32 heavy (non-hydrogen) atoms. The summed E-state index contributed by atoms with van der Waals surface area (Å²) in [5, 5.41) is 2.81. The predicted octanol–water partition coefficient (Wildman–Crippen LogP) is 4.77. The number of benzene rings is 3. The highest BCUT2D eigenvalue weighted by Crippen LogP contribution is 2.43. The number of amides is 1. The summed E-state index contributed by atoms with van der Waals surface area (Å²) in [4.78, 5) is 13.1. The molecule has 1 aliphatic rings. The number of hydrogen-bond donors (Lipinski definition) is 1. The lowest BCUT2D eigenvalue weighted by Gasteiger charge is -2.32. The molecule has 0 aliphatic carbocycles. The second-order valence-corrected chi connectivity index (χ2v) is 9.95. The van der Waals surface area contributed by atoms with Crippen LogP contribution in [0.15, 0.2) is 71.6 Å². The normalized spacial score (nSPS) is 14.1. The maximum Gasteiger partial charge on any atom is 0.265 e. The van der Waals surface area contributed by atoms with Crippen LogP contribution in [0.25, 0.3) is 11.1 Å². The Kier molecular flexibility index (Phi) is 6.04. The molecule has 0 spiro atoms. The number of carbonyl (C=O) groups is 1. The minimum Gasteiger partial charge on any atom is -0.380 e. The van der Waals surface area contributed by atoms with E-state index < -0.39 is 15.9 Å². The first-order chi connectivity index (χ1) is 15.3. The lowest BCUT2D eigenvalue weighted by molar-refractivity contribution is -0.114. The molecule has 6 nitrogen and oxygen atoms in total. The van der Waals surface area contributed by atoms with Gasteiger partial charge in [-0.1, -0.05) is 50.2 Å². The van der Waals surface area contributed by atoms with E-state index in [9.17, 15) is 13.2 Å². The van der Waals surface area contributed by atoms with E-state index >= 15 is 0 Å². The van der Waals surface area contributed by atoms with Gasteiger partial charge in [0.25, 0.3) is 10.0 Å². The number of ether oxygens (including phenoxy) is 1. The summed E-state index contributed by atoms with van der Waals surface area (Å²) in [7, 11) is -2.28. The molecule has 0 aromatic heterocycles. The summed E-state index contributed by atoms with van der Waals surface area (Å²) in [6.07, 6.45) is 0. The minimum absolute atomic E-state index is 0.211. The van der Waals surface area contributed by atoms with Crippen molar-refractivity contribution in [2.24, 2.45) is 0 Å². The first-order valence-corrected chi connectivity index (χ1v) is 11.9. The average Bonchev–Trinajstić information content (AvgIpc) is 2.77. The molecular formula is C25H26N2O4S. The molecule has 0 saturated carbocycles. The summed E-state index contributed by atoms with van der Waals surface area (Å²) < 4.78 is 33.2. The monoisotopic (exact) mass is 450 g/mol. The number of fused-ring (bicyclic) bond motifs is 3. The van der Waals surface area contributed by atoms with Crippen molar-refractivity contribution in [1.82, 2.24) is 0 Å². The fraction of sp³-hybridized carbons (Fsp3) is 0.240. The molecule has 1 heterocycles. The Balaban J connectivity index is 1.70. The molecule has 0 atom stereocenters. The third-order valence-electron chi connectivity index (χ3n) is 5.51. The summed E-state index contributed by atoms with van der Waals surface area (Å²) in [6.45, 7) is 4.29. The zero-order valence-electron chi connectivity index (χ0n) is 18.3. The van der Waals surface area contributed by atoms with Gasteiger partial charge in [-0.15, -0.1) is 0 Å². The van der Waals surface area contributed by atoms with Gasteiger partial charge in [-0.3, -0.25) is 9.10 Å². The average molecular weight is 451 g/mol. The largest absolute Gasteiger partial charge is 0.380 e.